The minimum absolute atomic E-state index is 0.0860. The van der Waals surface area contributed by atoms with Crippen LogP contribution in [0.15, 0.2) is 36.5 Å². The zero-order valence-corrected chi connectivity index (χ0v) is 14.3. The van der Waals surface area contributed by atoms with Crippen LogP contribution < -0.4 is 0 Å². The fourth-order valence-electron chi connectivity index (χ4n) is 3.17. The molecule has 1 saturated carbocycles. The van der Waals surface area contributed by atoms with Gasteiger partial charge in [-0.2, -0.15) is 13.2 Å². The van der Waals surface area contributed by atoms with E-state index in [1.54, 1.807) is 0 Å². The summed E-state index contributed by atoms with van der Waals surface area (Å²) in [7, 11) is 0. The number of aliphatic hydroxyl groups is 1. The lowest BCUT2D eigenvalue weighted by atomic mass is 9.74. The SMILES string of the molecule is OC(c1ccnc(Cl)c1)(C(F)(F)F)C1(c2ccc(Cl)cc2Cl)CC1. The zero-order chi connectivity index (χ0) is 17.8. The highest BCUT2D eigenvalue weighted by Gasteiger charge is 2.72. The van der Waals surface area contributed by atoms with Crippen LogP contribution in [0.3, 0.4) is 0 Å². The van der Waals surface area contributed by atoms with Gasteiger partial charge >= 0.3 is 6.18 Å². The Kier molecular flexibility index (Phi) is 4.28. The van der Waals surface area contributed by atoms with Crippen molar-refractivity contribution in [2.45, 2.75) is 30.0 Å². The van der Waals surface area contributed by atoms with Crippen LogP contribution in [0, 0.1) is 0 Å². The number of hydrogen-bond acceptors (Lipinski definition) is 2. The van der Waals surface area contributed by atoms with Crippen molar-refractivity contribution in [2.24, 2.45) is 0 Å². The molecule has 2 nitrogen and oxygen atoms in total. The van der Waals surface area contributed by atoms with Crippen molar-refractivity contribution >= 4 is 34.8 Å². The van der Waals surface area contributed by atoms with Gasteiger partial charge in [0.25, 0.3) is 0 Å². The molecule has 1 atom stereocenters. The number of nitrogens with zero attached hydrogens (tertiary/aromatic N) is 1. The summed E-state index contributed by atoms with van der Waals surface area (Å²) in [6.45, 7) is 0. The lowest BCUT2D eigenvalue weighted by Gasteiger charge is -2.39. The van der Waals surface area contributed by atoms with E-state index in [0.717, 1.165) is 18.3 Å². The lowest BCUT2D eigenvalue weighted by Crippen LogP contribution is -2.52. The monoisotopic (exact) mass is 395 g/mol. The summed E-state index contributed by atoms with van der Waals surface area (Å²) in [6, 6.07) is 6.40. The largest absolute Gasteiger partial charge is 0.422 e. The van der Waals surface area contributed by atoms with Crippen LogP contribution in [-0.2, 0) is 11.0 Å². The Morgan fingerprint density at radius 2 is 1.71 bits per heavy atom. The quantitative estimate of drug-likeness (QED) is 0.693. The predicted molar refractivity (Wildman–Crippen MR) is 86.6 cm³/mol. The molecule has 1 aliphatic carbocycles. The van der Waals surface area contributed by atoms with Gasteiger partial charge in [0.15, 0.2) is 5.60 Å². The molecule has 1 aromatic heterocycles. The van der Waals surface area contributed by atoms with E-state index in [-0.39, 0.29) is 34.1 Å². The van der Waals surface area contributed by atoms with E-state index in [1.807, 2.05) is 0 Å². The van der Waals surface area contributed by atoms with Crippen molar-refractivity contribution in [2.75, 3.05) is 0 Å². The van der Waals surface area contributed by atoms with E-state index < -0.39 is 17.2 Å². The third-order valence-electron chi connectivity index (χ3n) is 4.44. The molecular formula is C16H11Cl3F3NO. The highest BCUT2D eigenvalue weighted by Crippen LogP contribution is 2.65. The van der Waals surface area contributed by atoms with E-state index in [9.17, 15) is 18.3 Å². The number of hydrogen-bond donors (Lipinski definition) is 1. The maximum absolute atomic E-state index is 14.0. The van der Waals surface area contributed by atoms with Crippen molar-refractivity contribution in [3.05, 3.63) is 62.9 Å². The number of alkyl halides is 3. The van der Waals surface area contributed by atoms with E-state index in [2.05, 4.69) is 4.98 Å². The summed E-state index contributed by atoms with van der Waals surface area (Å²) in [6.07, 6.45) is -3.54. The summed E-state index contributed by atoms with van der Waals surface area (Å²) in [5.74, 6) is 0. The first-order valence-corrected chi connectivity index (χ1v) is 8.12. The molecule has 1 heterocycles. The highest BCUT2D eigenvalue weighted by molar-refractivity contribution is 6.35. The molecule has 0 aliphatic heterocycles. The second kappa shape index (κ2) is 5.77. The predicted octanol–water partition coefficient (Wildman–Crippen LogP) is 5.52. The molecule has 128 valence electrons. The molecule has 2 aromatic rings. The molecule has 1 aromatic carbocycles. The molecule has 0 spiro atoms. The van der Waals surface area contributed by atoms with Gasteiger partial charge in [-0.1, -0.05) is 40.9 Å². The maximum Gasteiger partial charge on any atom is 0.422 e. The second-order valence-corrected chi connectivity index (χ2v) is 7.01. The fourth-order valence-corrected chi connectivity index (χ4v) is 3.93. The van der Waals surface area contributed by atoms with Crippen molar-refractivity contribution in [3.63, 3.8) is 0 Å². The molecule has 3 rings (SSSR count). The zero-order valence-electron chi connectivity index (χ0n) is 12.0. The third-order valence-corrected chi connectivity index (χ3v) is 5.20. The van der Waals surface area contributed by atoms with Crippen LogP contribution >= 0.6 is 34.8 Å². The minimum Gasteiger partial charge on any atom is -0.376 e. The molecule has 0 saturated heterocycles. The first-order chi connectivity index (χ1) is 11.1. The normalized spacial score (nSPS) is 19.0. The van der Waals surface area contributed by atoms with Gasteiger partial charge in [-0.3, -0.25) is 0 Å². The van der Waals surface area contributed by atoms with Gasteiger partial charge in [-0.05, 0) is 48.2 Å². The van der Waals surface area contributed by atoms with E-state index >= 15 is 0 Å². The molecule has 1 N–H and O–H groups in total. The van der Waals surface area contributed by atoms with Gasteiger partial charge in [0.2, 0.25) is 0 Å². The average molecular weight is 397 g/mol. The Morgan fingerprint density at radius 1 is 1.04 bits per heavy atom. The topological polar surface area (TPSA) is 33.1 Å². The summed E-state index contributed by atoms with van der Waals surface area (Å²) in [4.78, 5) is 3.68. The molecule has 8 heteroatoms. The van der Waals surface area contributed by atoms with E-state index in [0.29, 0.717) is 5.02 Å². The molecular weight excluding hydrogens is 386 g/mol. The van der Waals surface area contributed by atoms with Gasteiger partial charge in [0, 0.05) is 21.7 Å². The van der Waals surface area contributed by atoms with Crippen molar-refractivity contribution in [1.29, 1.82) is 0 Å². The Hall–Kier alpha value is -1.01. The Labute approximate surface area is 151 Å². The van der Waals surface area contributed by atoms with Crippen LogP contribution in [0.4, 0.5) is 13.2 Å². The van der Waals surface area contributed by atoms with Gasteiger partial charge in [0.1, 0.15) is 5.15 Å². The smallest absolute Gasteiger partial charge is 0.376 e. The summed E-state index contributed by atoms with van der Waals surface area (Å²) >= 11 is 17.7. The van der Waals surface area contributed by atoms with Crippen LogP contribution in [0.1, 0.15) is 24.0 Å². The Balaban J connectivity index is 2.24. The van der Waals surface area contributed by atoms with Crippen molar-refractivity contribution in [1.82, 2.24) is 4.98 Å². The van der Waals surface area contributed by atoms with E-state index in [1.165, 1.54) is 18.2 Å². The van der Waals surface area contributed by atoms with Crippen LogP contribution in [0.5, 0.6) is 0 Å². The van der Waals surface area contributed by atoms with E-state index in [4.69, 9.17) is 34.8 Å². The second-order valence-electron chi connectivity index (χ2n) is 5.78. The summed E-state index contributed by atoms with van der Waals surface area (Å²) in [5, 5.41) is 11.1. The molecule has 24 heavy (non-hydrogen) atoms. The lowest BCUT2D eigenvalue weighted by molar-refractivity contribution is -0.281. The molecule has 0 amide bonds. The standard InChI is InChI=1S/C16H11Cl3F3NO/c17-10-1-2-11(12(18)8-10)14(4-5-14)15(24,16(20,21)22)9-3-6-23-13(19)7-9/h1-3,6-8,24H,4-5H2. The molecule has 1 aliphatic rings. The van der Waals surface area contributed by atoms with Crippen molar-refractivity contribution < 1.29 is 18.3 Å². The number of benzene rings is 1. The molecule has 1 fully saturated rings. The van der Waals surface area contributed by atoms with Crippen LogP contribution in [0.25, 0.3) is 0 Å². The number of rotatable bonds is 3. The molecule has 1 unspecified atom stereocenters. The first kappa shape index (κ1) is 17.8. The fraction of sp³-hybridized carbons (Fsp3) is 0.312. The highest BCUT2D eigenvalue weighted by atomic mass is 35.5. The molecule has 0 radical (unpaired) electrons. The van der Waals surface area contributed by atoms with Crippen molar-refractivity contribution in [3.8, 4) is 0 Å². The molecule has 0 bridgehead atoms. The summed E-state index contributed by atoms with van der Waals surface area (Å²) < 4.78 is 41.9. The number of pyridine rings is 1. The minimum atomic E-state index is -4.93. The number of halogens is 6. The van der Waals surface area contributed by atoms with Gasteiger partial charge in [-0.25, -0.2) is 4.98 Å². The van der Waals surface area contributed by atoms with Gasteiger partial charge in [-0.15, -0.1) is 0 Å². The first-order valence-electron chi connectivity index (χ1n) is 6.98. The average Bonchev–Trinajstić information content (AvgIpc) is 3.27. The Bertz CT molecular complexity index is 792. The maximum atomic E-state index is 14.0. The Morgan fingerprint density at radius 3 is 2.21 bits per heavy atom. The van der Waals surface area contributed by atoms with Crippen LogP contribution in [0.2, 0.25) is 15.2 Å². The van der Waals surface area contributed by atoms with Gasteiger partial charge < -0.3 is 5.11 Å². The summed E-state index contributed by atoms with van der Waals surface area (Å²) in [5.41, 5.74) is -4.87. The number of aromatic nitrogens is 1. The third kappa shape index (κ3) is 2.58. The van der Waals surface area contributed by atoms with Crippen LogP contribution in [-0.4, -0.2) is 16.3 Å². The van der Waals surface area contributed by atoms with Gasteiger partial charge in [0.05, 0.1) is 0 Å².